The van der Waals surface area contributed by atoms with Gasteiger partial charge < -0.3 is 10.7 Å². The molecule has 0 saturated carbocycles. The van der Waals surface area contributed by atoms with E-state index in [0.29, 0.717) is 11.0 Å². The molecule has 3 N–H and O–H groups in total. The average molecular weight is 257 g/mol. The number of aromatic nitrogens is 4. The standard InChI is InChI=1S/C12H11N5S/c1-7-2-3-8-9(6-7)16-12(15-8)18-11-14-5-4-10(13)17-11/h2-6H,1H3,(H,15,16)(H2,13,14,17). The zero-order chi connectivity index (χ0) is 12.5. The third-order valence-electron chi connectivity index (χ3n) is 2.46. The van der Waals surface area contributed by atoms with Gasteiger partial charge in [0.15, 0.2) is 10.3 Å². The summed E-state index contributed by atoms with van der Waals surface area (Å²) >= 11 is 1.36. The van der Waals surface area contributed by atoms with E-state index < -0.39 is 0 Å². The summed E-state index contributed by atoms with van der Waals surface area (Å²) < 4.78 is 0. The molecular formula is C12H11N5S. The van der Waals surface area contributed by atoms with E-state index in [2.05, 4.69) is 26.0 Å². The molecule has 6 heteroatoms. The highest BCUT2D eigenvalue weighted by molar-refractivity contribution is 7.99. The zero-order valence-corrected chi connectivity index (χ0v) is 10.5. The number of nitrogens with zero attached hydrogens (tertiary/aromatic N) is 3. The van der Waals surface area contributed by atoms with Crippen LogP contribution in [0.1, 0.15) is 5.56 Å². The maximum atomic E-state index is 5.61. The molecule has 18 heavy (non-hydrogen) atoms. The summed E-state index contributed by atoms with van der Waals surface area (Å²) in [6, 6.07) is 7.75. The van der Waals surface area contributed by atoms with Crippen molar-refractivity contribution in [2.75, 3.05) is 5.73 Å². The summed E-state index contributed by atoms with van der Waals surface area (Å²) in [5, 5.41) is 1.35. The maximum Gasteiger partial charge on any atom is 0.197 e. The molecule has 0 aliphatic heterocycles. The second-order valence-corrected chi connectivity index (χ2v) is 4.88. The van der Waals surface area contributed by atoms with Crippen molar-refractivity contribution in [2.24, 2.45) is 0 Å². The number of H-pyrrole nitrogens is 1. The van der Waals surface area contributed by atoms with E-state index >= 15 is 0 Å². The summed E-state index contributed by atoms with van der Waals surface area (Å²) in [4.78, 5) is 16.0. The Kier molecular flexibility index (Phi) is 2.64. The van der Waals surface area contributed by atoms with Gasteiger partial charge in [0.05, 0.1) is 11.0 Å². The minimum atomic E-state index is 0.458. The number of fused-ring (bicyclic) bond motifs is 1. The number of hydrogen-bond donors (Lipinski definition) is 2. The van der Waals surface area contributed by atoms with Crippen LogP contribution in [0.15, 0.2) is 40.8 Å². The van der Waals surface area contributed by atoms with E-state index in [0.717, 1.165) is 16.2 Å². The van der Waals surface area contributed by atoms with Crippen molar-refractivity contribution in [1.29, 1.82) is 0 Å². The van der Waals surface area contributed by atoms with Gasteiger partial charge in [-0.2, -0.15) is 0 Å². The third-order valence-corrected chi connectivity index (χ3v) is 3.22. The van der Waals surface area contributed by atoms with Crippen molar-refractivity contribution >= 4 is 28.6 Å². The fourth-order valence-corrected chi connectivity index (χ4v) is 2.38. The molecule has 1 aromatic carbocycles. The second-order valence-electron chi connectivity index (χ2n) is 3.93. The molecule has 0 atom stereocenters. The van der Waals surface area contributed by atoms with Crippen LogP contribution in [0.3, 0.4) is 0 Å². The zero-order valence-electron chi connectivity index (χ0n) is 9.71. The Balaban J connectivity index is 1.95. The number of benzene rings is 1. The van der Waals surface area contributed by atoms with Crippen LogP contribution in [0.25, 0.3) is 11.0 Å². The first kappa shape index (κ1) is 11.0. The number of rotatable bonds is 2. The van der Waals surface area contributed by atoms with Crippen LogP contribution >= 0.6 is 11.8 Å². The highest BCUT2D eigenvalue weighted by Gasteiger charge is 2.06. The van der Waals surface area contributed by atoms with Gasteiger partial charge in [0, 0.05) is 6.20 Å². The Labute approximate surface area is 108 Å². The van der Waals surface area contributed by atoms with Crippen molar-refractivity contribution in [3.05, 3.63) is 36.0 Å². The largest absolute Gasteiger partial charge is 0.384 e. The van der Waals surface area contributed by atoms with Crippen molar-refractivity contribution in [1.82, 2.24) is 19.9 Å². The molecule has 0 bridgehead atoms. The van der Waals surface area contributed by atoms with E-state index in [1.165, 1.54) is 17.3 Å². The van der Waals surface area contributed by atoms with Gasteiger partial charge in [0.2, 0.25) is 0 Å². The fourth-order valence-electron chi connectivity index (χ4n) is 1.64. The number of anilines is 1. The van der Waals surface area contributed by atoms with Crippen LogP contribution in [0, 0.1) is 6.92 Å². The van der Waals surface area contributed by atoms with Gasteiger partial charge in [-0.3, -0.25) is 0 Å². The molecule has 0 radical (unpaired) electrons. The number of aromatic amines is 1. The van der Waals surface area contributed by atoms with Gasteiger partial charge in [0.25, 0.3) is 0 Å². The highest BCUT2D eigenvalue weighted by Crippen LogP contribution is 2.24. The van der Waals surface area contributed by atoms with Crippen LogP contribution < -0.4 is 5.73 Å². The molecule has 90 valence electrons. The monoisotopic (exact) mass is 257 g/mol. The first-order valence-corrected chi connectivity index (χ1v) is 6.25. The van der Waals surface area contributed by atoms with Crippen LogP contribution in [-0.4, -0.2) is 19.9 Å². The number of hydrogen-bond acceptors (Lipinski definition) is 5. The lowest BCUT2D eigenvalue weighted by atomic mass is 10.2. The van der Waals surface area contributed by atoms with Crippen molar-refractivity contribution in [3.63, 3.8) is 0 Å². The minimum Gasteiger partial charge on any atom is -0.384 e. The first-order valence-electron chi connectivity index (χ1n) is 5.43. The fraction of sp³-hybridized carbons (Fsp3) is 0.0833. The van der Waals surface area contributed by atoms with Crippen LogP contribution in [0.4, 0.5) is 5.82 Å². The van der Waals surface area contributed by atoms with Crippen molar-refractivity contribution < 1.29 is 0 Å². The predicted octanol–water partition coefficient (Wildman–Crippen LogP) is 2.39. The highest BCUT2D eigenvalue weighted by atomic mass is 32.2. The van der Waals surface area contributed by atoms with Crippen LogP contribution in [-0.2, 0) is 0 Å². The van der Waals surface area contributed by atoms with Gasteiger partial charge in [-0.25, -0.2) is 15.0 Å². The molecule has 0 amide bonds. The smallest absolute Gasteiger partial charge is 0.197 e. The maximum absolute atomic E-state index is 5.61. The topological polar surface area (TPSA) is 80.5 Å². The third kappa shape index (κ3) is 2.14. The number of nitrogens with two attached hydrogens (primary N) is 1. The lowest BCUT2D eigenvalue weighted by Gasteiger charge is -1.96. The van der Waals surface area contributed by atoms with Gasteiger partial charge in [-0.1, -0.05) is 6.07 Å². The Bertz CT molecular complexity index is 707. The molecule has 0 saturated heterocycles. The molecule has 2 heterocycles. The second kappa shape index (κ2) is 4.30. The number of nitrogens with one attached hydrogen (secondary N) is 1. The molecule has 2 aromatic heterocycles. The molecule has 3 rings (SSSR count). The van der Waals surface area contributed by atoms with E-state index in [9.17, 15) is 0 Å². The normalized spacial score (nSPS) is 10.9. The van der Waals surface area contributed by atoms with Crippen LogP contribution in [0.2, 0.25) is 0 Å². The van der Waals surface area contributed by atoms with Gasteiger partial charge in [-0.15, -0.1) is 0 Å². The van der Waals surface area contributed by atoms with Gasteiger partial charge in [-0.05, 0) is 42.4 Å². The molecule has 0 fully saturated rings. The molecule has 0 aliphatic carbocycles. The molecule has 0 unspecified atom stereocenters. The Hall–Kier alpha value is -2.08. The van der Waals surface area contributed by atoms with Gasteiger partial charge >= 0.3 is 0 Å². The van der Waals surface area contributed by atoms with E-state index in [-0.39, 0.29) is 0 Å². The van der Waals surface area contributed by atoms with Crippen LogP contribution in [0.5, 0.6) is 0 Å². The first-order chi connectivity index (χ1) is 8.70. The summed E-state index contributed by atoms with van der Waals surface area (Å²) in [6.07, 6.45) is 1.64. The summed E-state index contributed by atoms with van der Waals surface area (Å²) in [7, 11) is 0. The number of aryl methyl sites for hydroxylation is 1. The van der Waals surface area contributed by atoms with E-state index in [4.69, 9.17) is 5.73 Å². The molecule has 0 spiro atoms. The molecule has 5 nitrogen and oxygen atoms in total. The van der Waals surface area contributed by atoms with Gasteiger partial charge in [0.1, 0.15) is 5.82 Å². The molecule has 0 aliphatic rings. The van der Waals surface area contributed by atoms with Crippen molar-refractivity contribution in [2.45, 2.75) is 17.2 Å². The Morgan fingerprint density at radius 1 is 1.22 bits per heavy atom. The van der Waals surface area contributed by atoms with E-state index in [1.807, 2.05) is 19.1 Å². The summed E-state index contributed by atoms with van der Waals surface area (Å²) in [6.45, 7) is 2.05. The molecular weight excluding hydrogens is 246 g/mol. The lowest BCUT2D eigenvalue weighted by Crippen LogP contribution is -1.93. The van der Waals surface area contributed by atoms with Crippen molar-refractivity contribution in [3.8, 4) is 0 Å². The molecule has 3 aromatic rings. The Morgan fingerprint density at radius 2 is 2.11 bits per heavy atom. The quantitative estimate of drug-likeness (QED) is 0.689. The summed E-state index contributed by atoms with van der Waals surface area (Å²) in [5.41, 5.74) is 8.76. The van der Waals surface area contributed by atoms with E-state index in [1.54, 1.807) is 12.3 Å². The number of imidazole rings is 1. The minimum absolute atomic E-state index is 0.458. The number of nitrogen functional groups attached to an aromatic ring is 1. The SMILES string of the molecule is Cc1ccc2nc(Sc3nccc(N)n3)[nH]c2c1. The summed E-state index contributed by atoms with van der Waals surface area (Å²) in [5.74, 6) is 0.458. The predicted molar refractivity (Wildman–Crippen MR) is 71.4 cm³/mol. The average Bonchev–Trinajstić information content (AvgIpc) is 2.70. The lowest BCUT2D eigenvalue weighted by molar-refractivity contribution is 0.961. The Morgan fingerprint density at radius 3 is 2.94 bits per heavy atom.